The molecule has 9 heteroatoms. The van der Waals surface area contributed by atoms with E-state index in [1.54, 1.807) is 34.5 Å². The Morgan fingerprint density at radius 3 is 2.22 bits per heavy atom. The molecular weight excluding hydrogens is 412 g/mol. The van der Waals surface area contributed by atoms with E-state index in [4.69, 9.17) is 18.9 Å². The molecule has 1 aromatic heterocycles. The summed E-state index contributed by atoms with van der Waals surface area (Å²) in [5, 5.41) is 7.26. The molecule has 9 nitrogen and oxygen atoms in total. The summed E-state index contributed by atoms with van der Waals surface area (Å²) >= 11 is 0. The van der Waals surface area contributed by atoms with Gasteiger partial charge in [-0.3, -0.25) is 14.8 Å². The zero-order valence-electron chi connectivity index (χ0n) is 19.2. The largest absolute Gasteiger partial charge is 0.493 e. The van der Waals surface area contributed by atoms with Gasteiger partial charge in [0.15, 0.2) is 11.5 Å². The van der Waals surface area contributed by atoms with Crippen molar-refractivity contribution < 1.29 is 23.7 Å². The third-order valence-corrected chi connectivity index (χ3v) is 6.55. The number of H-pyrrole nitrogens is 1. The third-order valence-electron chi connectivity index (χ3n) is 6.55. The van der Waals surface area contributed by atoms with Crippen molar-refractivity contribution >= 4 is 5.91 Å². The lowest BCUT2D eigenvalue weighted by Crippen LogP contribution is -2.46. The maximum Gasteiger partial charge on any atom is 0.271 e. The molecule has 2 aliphatic heterocycles. The van der Waals surface area contributed by atoms with Gasteiger partial charge in [-0.2, -0.15) is 5.10 Å². The van der Waals surface area contributed by atoms with Crippen molar-refractivity contribution in [2.24, 2.45) is 0 Å². The molecule has 2 fully saturated rings. The van der Waals surface area contributed by atoms with Gasteiger partial charge in [-0.1, -0.05) is 0 Å². The standard InChI is InChI=1S/C23H32N4O5/c1-29-17-7-10-27(14-17)16-5-8-26(9-6-16)23(28)19-13-18(24-25-19)15-11-20(30-2)22(32-4)21(12-15)31-3/h11-13,16-17H,5-10,14H2,1-4H3,(H,24,25)/t17-/m0/s1. The van der Waals surface area contributed by atoms with E-state index in [1.165, 1.54) is 0 Å². The van der Waals surface area contributed by atoms with Gasteiger partial charge in [0.1, 0.15) is 5.69 Å². The van der Waals surface area contributed by atoms with Crippen molar-refractivity contribution in [3.8, 4) is 28.5 Å². The monoisotopic (exact) mass is 444 g/mol. The molecule has 32 heavy (non-hydrogen) atoms. The van der Waals surface area contributed by atoms with Crippen LogP contribution in [0.1, 0.15) is 29.8 Å². The van der Waals surface area contributed by atoms with E-state index in [0.717, 1.165) is 51.0 Å². The average molecular weight is 445 g/mol. The number of likely N-dealkylation sites (tertiary alicyclic amines) is 2. The molecule has 0 radical (unpaired) electrons. The first-order chi connectivity index (χ1) is 15.6. The van der Waals surface area contributed by atoms with Crippen molar-refractivity contribution in [2.45, 2.75) is 31.4 Å². The van der Waals surface area contributed by atoms with Crippen LogP contribution in [-0.2, 0) is 4.74 Å². The van der Waals surface area contributed by atoms with Crippen LogP contribution in [0.4, 0.5) is 0 Å². The lowest BCUT2D eigenvalue weighted by atomic mass is 10.0. The highest BCUT2D eigenvalue weighted by atomic mass is 16.5. The fourth-order valence-electron chi connectivity index (χ4n) is 4.69. The van der Waals surface area contributed by atoms with Crippen LogP contribution in [-0.4, -0.2) is 92.7 Å². The smallest absolute Gasteiger partial charge is 0.271 e. The molecule has 0 aliphatic carbocycles. The minimum absolute atomic E-state index is 0.0224. The van der Waals surface area contributed by atoms with Crippen LogP contribution in [0.25, 0.3) is 11.3 Å². The Morgan fingerprint density at radius 1 is 0.969 bits per heavy atom. The Bertz CT molecular complexity index is 913. The lowest BCUT2D eigenvalue weighted by Gasteiger charge is -2.36. The summed E-state index contributed by atoms with van der Waals surface area (Å²) in [7, 11) is 6.49. The number of carbonyl (C=O) groups excluding carboxylic acids is 1. The molecule has 174 valence electrons. The molecule has 0 saturated carbocycles. The van der Waals surface area contributed by atoms with Gasteiger partial charge >= 0.3 is 0 Å². The van der Waals surface area contributed by atoms with Gasteiger partial charge in [0.25, 0.3) is 5.91 Å². The van der Waals surface area contributed by atoms with E-state index in [1.807, 2.05) is 17.0 Å². The Kier molecular flexibility index (Phi) is 6.86. The number of amides is 1. The predicted molar refractivity (Wildman–Crippen MR) is 120 cm³/mol. The molecule has 2 aromatic rings. The average Bonchev–Trinajstić information content (AvgIpc) is 3.53. The minimum atomic E-state index is -0.0224. The Balaban J connectivity index is 1.43. The lowest BCUT2D eigenvalue weighted by molar-refractivity contribution is 0.0598. The summed E-state index contributed by atoms with van der Waals surface area (Å²) in [4.78, 5) is 17.5. The number of piperidine rings is 1. The first-order valence-corrected chi connectivity index (χ1v) is 11.0. The van der Waals surface area contributed by atoms with Crippen molar-refractivity contribution in [3.63, 3.8) is 0 Å². The van der Waals surface area contributed by atoms with Gasteiger partial charge in [-0.25, -0.2) is 0 Å². The zero-order valence-corrected chi connectivity index (χ0v) is 19.2. The van der Waals surface area contributed by atoms with E-state index in [-0.39, 0.29) is 5.91 Å². The minimum Gasteiger partial charge on any atom is -0.493 e. The maximum absolute atomic E-state index is 13.1. The number of hydrogen-bond donors (Lipinski definition) is 1. The Labute approximate surface area is 188 Å². The molecule has 3 heterocycles. The van der Waals surface area contributed by atoms with Crippen LogP contribution in [0, 0.1) is 0 Å². The van der Waals surface area contributed by atoms with Crippen LogP contribution < -0.4 is 14.2 Å². The van der Waals surface area contributed by atoms with Gasteiger partial charge in [0, 0.05) is 44.9 Å². The SMILES string of the molecule is COc1cc(-c2cc(C(=O)N3CCC(N4CC[C@H](OC)C4)CC3)[nH]n2)cc(OC)c1OC. The van der Waals surface area contributed by atoms with Crippen LogP contribution >= 0.6 is 0 Å². The number of nitrogens with one attached hydrogen (secondary N) is 1. The normalized spacial score (nSPS) is 19.9. The van der Waals surface area contributed by atoms with Gasteiger partial charge in [0.2, 0.25) is 5.75 Å². The fraction of sp³-hybridized carbons (Fsp3) is 0.565. The third kappa shape index (κ3) is 4.40. The van der Waals surface area contributed by atoms with E-state index in [0.29, 0.717) is 40.8 Å². The highest BCUT2D eigenvalue weighted by Gasteiger charge is 2.32. The van der Waals surface area contributed by atoms with Crippen molar-refractivity contribution in [1.82, 2.24) is 20.0 Å². The molecule has 2 saturated heterocycles. The molecular formula is C23H32N4O5. The van der Waals surface area contributed by atoms with Crippen molar-refractivity contribution in [2.75, 3.05) is 54.6 Å². The molecule has 1 aromatic carbocycles. The van der Waals surface area contributed by atoms with Crippen LogP contribution in [0.15, 0.2) is 18.2 Å². The molecule has 0 bridgehead atoms. The van der Waals surface area contributed by atoms with Crippen molar-refractivity contribution in [1.29, 1.82) is 0 Å². The zero-order chi connectivity index (χ0) is 22.7. The molecule has 1 atom stereocenters. The van der Waals surface area contributed by atoms with E-state index >= 15 is 0 Å². The summed E-state index contributed by atoms with van der Waals surface area (Å²) < 4.78 is 21.7. The number of hydrogen-bond acceptors (Lipinski definition) is 7. The number of rotatable bonds is 7. The molecule has 1 amide bonds. The molecule has 2 aliphatic rings. The van der Waals surface area contributed by atoms with Gasteiger partial charge in [0.05, 0.1) is 33.1 Å². The number of benzene rings is 1. The molecule has 0 unspecified atom stereocenters. The van der Waals surface area contributed by atoms with Gasteiger partial charge in [-0.05, 0) is 37.5 Å². The first kappa shape index (κ1) is 22.4. The summed E-state index contributed by atoms with van der Waals surface area (Å²) in [6.45, 7) is 3.57. The van der Waals surface area contributed by atoms with Crippen molar-refractivity contribution in [3.05, 3.63) is 23.9 Å². The first-order valence-electron chi connectivity index (χ1n) is 11.0. The number of nitrogens with zero attached hydrogens (tertiary/aromatic N) is 3. The Hall–Kier alpha value is -2.78. The topological polar surface area (TPSA) is 89.2 Å². The molecule has 4 rings (SSSR count). The fourth-order valence-corrected chi connectivity index (χ4v) is 4.69. The van der Waals surface area contributed by atoms with Crippen LogP contribution in [0.2, 0.25) is 0 Å². The molecule has 0 spiro atoms. The highest BCUT2D eigenvalue weighted by molar-refractivity contribution is 5.93. The van der Waals surface area contributed by atoms with E-state index < -0.39 is 0 Å². The van der Waals surface area contributed by atoms with Crippen LogP contribution in [0.3, 0.4) is 0 Å². The summed E-state index contributed by atoms with van der Waals surface area (Å²) in [5.41, 5.74) is 1.90. The number of aromatic amines is 1. The Morgan fingerprint density at radius 2 is 1.66 bits per heavy atom. The van der Waals surface area contributed by atoms with E-state index in [2.05, 4.69) is 15.1 Å². The van der Waals surface area contributed by atoms with Crippen LogP contribution in [0.5, 0.6) is 17.2 Å². The van der Waals surface area contributed by atoms with Gasteiger partial charge < -0.3 is 23.8 Å². The second kappa shape index (κ2) is 9.79. The second-order valence-corrected chi connectivity index (χ2v) is 8.25. The maximum atomic E-state index is 13.1. The summed E-state index contributed by atoms with van der Waals surface area (Å²) in [6, 6.07) is 5.94. The number of carbonyl (C=O) groups is 1. The summed E-state index contributed by atoms with van der Waals surface area (Å²) in [6.07, 6.45) is 3.40. The highest BCUT2D eigenvalue weighted by Crippen LogP contribution is 2.40. The number of aromatic nitrogens is 2. The predicted octanol–water partition coefficient (Wildman–Crippen LogP) is 2.43. The second-order valence-electron chi connectivity index (χ2n) is 8.25. The summed E-state index contributed by atoms with van der Waals surface area (Å²) in [5.74, 6) is 1.57. The quantitative estimate of drug-likeness (QED) is 0.702. The van der Waals surface area contributed by atoms with Gasteiger partial charge in [-0.15, -0.1) is 0 Å². The van der Waals surface area contributed by atoms with E-state index in [9.17, 15) is 4.79 Å². The number of methoxy groups -OCH3 is 4. The number of ether oxygens (including phenoxy) is 4. The molecule has 1 N–H and O–H groups in total.